The quantitative estimate of drug-likeness (QED) is 0.316. The van der Waals surface area contributed by atoms with Gasteiger partial charge in [0.25, 0.3) is 0 Å². The van der Waals surface area contributed by atoms with Gasteiger partial charge in [-0.1, -0.05) is 0 Å². The van der Waals surface area contributed by atoms with Crippen molar-refractivity contribution < 1.29 is 45.6 Å². The molecule has 1 atom stereocenters. The summed E-state index contributed by atoms with van der Waals surface area (Å²) in [5.41, 5.74) is 0. The second kappa shape index (κ2) is 5.70. The highest BCUT2D eigenvalue weighted by Crippen LogP contribution is 2.25. The minimum Gasteiger partial charge on any atom is -0.566 e. The van der Waals surface area contributed by atoms with Crippen molar-refractivity contribution in [2.24, 2.45) is 0 Å². The lowest BCUT2D eigenvalue weighted by Crippen LogP contribution is -2.00. The van der Waals surface area contributed by atoms with E-state index in [1.807, 2.05) is 0 Å². The van der Waals surface area contributed by atoms with Gasteiger partial charge in [-0.3, -0.25) is 4.55 Å². The van der Waals surface area contributed by atoms with Gasteiger partial charge in [-0.25, -0.2) is 4.57 Å². The fraction of sp³-hybridized carbons (Fsp3) is 0. The van der Waals surface area contributed by atoms with E-state index in [0.29, 0.717) is 0 Å². The minimum absolute atomic E-state index is 2.92. The van der Waals surface area contributed by atoms with Crippen LogP contribution in [0, 0.1) is 0 Å². The standard InChI is InChI=1S/HO6PS.H3O4P/c1-7(2)6-8(3,4)5;1-5(2,3)4/h(H,3,4,5);(H3,1,2,3,4). The van der Waals surface area contributed by atoms with E-state index in [1.54, 1.807) is 0 Å². The third-order valence-corrected chi connectivity index (χ3v) is 1.40. The molecule has 0 aromatic heterocycles. The second-order valence-corrected chi connectivity index (χ2v) is 4.16. The number of hydrogen-bond donors (Lipinski definition) is 4. The Labute approximate surface area is 72.9 Å². The van der Waals surface area contributed by atoms with Gasteiger partial charge in [0.15, 0.2) is 0 Å². The monoisotopic (exact) mass is 258 g/mol. The van der Waals surface area contributed by atoms with Crippen LogP contribution in [0.15, 0.2) is 0 Å². The summed E-state index contributed by atoms with van der Waals surface area (Å²) < 4.78 is 47.4. The van der Waals surface area contributed by atoms with Crippen LogP contribution < -0.4 is 4.89 Å². The first-order valence-electron chi connectivity index (χ1n) is 2.01. The van der Waals surface area contributed by atoms with E-state index in [2.05, 4.69) is 3.97 Å². The molecule has 0 heterocycles. The van der Waals surface area contributed by atoms with E-state index < -0.39 is 26.5 Å². The Morgan fingerprint density at radius 2 is 1.54 bits per heavy atom. The van der Waals surface area contributed by atoms with E-state index >= 15 is 0 Å². The maximum absolute atomic E-state index is 9.39. The van der Waals surface area contributed by atoms with Gasteiger partial charge in [0, 0.05) is 3.97 Å². The first kappa shape index (κ1) is 15.5. The lowest BCUT2D eigenvalue weighted by Gasteiger charge is -1.82. The van der Waals surface area contributed by atoms with Crippen LogP contribution in [0.3, 0.4) is 0 Å². The average Bonchev–Trinajstić information content (AvgIpc) is 1.47. The highest BCUT2D eigenvalue weighted by Gasteiger charge is 2.15. The molecule has 0 aliphatic carbocycles. The van der Waals surface area contributed by atoms with Gasteiger partial charge in [-0.15, -0.1) is 0 Å². The molecule has 0 saturated carbocycles. The molecule has 0 aromatic rings. The van der Waals surface area contributed by atoms with Gasteiger partial charge in [-0.05, 0) is 4.57 Å². The Bertz CT molecular complexity index is 283. The van der Waals surface area contributed by atoms with Crippen molar-refractivity contribution >= 4 is 26.5 Å². The maximum Gasteiger partial charge on any atom is 0.507 e. The molecule has 0 aromatic carbocycles. The fourth-order valence-corrected chi connectivity index (χ4v) is 0.692. The zero-order valence-corrected chi connectivity index (χ0v) is 8.15. The Morgan fingerprint density at radius 1 is 1.31 bits per heavy atom. The fourth-order valence-electron chi connectivity index (χ4n) is 0.0769. The van der Waals surface area contributed by atoms with Crippen LogP contribution in [-0.4, -0.2) is 27.7 Å². The Kier molecular flexibility index (Phi) is 6.80. The van der Waals surface area contributed by atoms with Gasteiger partial charge in [0.1, 0.15) is 0 Å². The normalized spacial score (nSPS) is 12.8. The van der Waals surface area contributed by atoms with E-state index in [9.17, 15) is 17.9 Å². The zero-order chi connectivity index (χ0) is 11.3. The maximum atomic E-state index is 9.39. The predicted octanol–water partition coefficient (Wildman–Crippen LogP) is -2.11. The van der Waals surface area contributed by atoms with Gasteiger partial charge >= 0.3 is 26.5 Å². The van der Waals surface area contributed by atoms with Crippen molar-refractivity contribution in [3.05, 3.63) is 0 Å². The molecule has 0 amide bonds. The molecule has 0 fully saturated rings. The molecule has 0 spiro atoms. The smallest absolute Gasteiger partial charge is 0.507 e. The molecule has 13 heteroatoms. The first-order valence-corrected chi connectivity index (χ1v) is 6.04. The third kappa shape index (κ3) is 47.8. The van der Waals surface area contributed by atoms with Gasteiger partial charge in [-0.2, -0.15) is 8.42 Å². The van der Waals surface area contributed by atoms with Crippen molar-refractivity contribution in [2.75, 3.05) is 0 Å². The van der Waals surface area contributed by atoms with Crippen molar-refractivity contribution in [3.8, 4) is 0 Å². The summed E-state index contributed by atoms with van der Waals surface area (Å²) in [7, 11) is -13.0. The van der Waals surface area contributed by atoms with E-state index in [4.69, 9.17) is 23.8 Å². The molecule has 0 bridgehead atoms. The van der Waals surface area contributed by atoms with Crippen molar-refractivity contribution in [2.45, 2.75) is 0 Å². The van der Waals surface area contributed by atoms with Crippen molar-refractivity contribution in [1.82, 2.24) is 0 Å². The molecule has 4 N–H and O–H groups in total. The molecule has 0 rings (SSSR count). The molecule has 0 aliphatic rings. The third-order valence-electron chi connectivity index (χ3n) is 0.155. The lowest BCUT2D eigenvalue weighted by molar-refractivity contribution is -0.178. The molecule has 1 unspecified atom stereocenters. The van der Waals surface area contributed by atoms with Crippen molar-refractivity contribution in [3.63, 3.8) is 0 Å². The molecule has 80 valence electrons. The topological polar surface area (TPSA) is 181 Å². The summed E-state index contributed by atoms with van der Waals surface area (Å²) in [6.07, 6.45) is 0. The van der Waals surface area contributed by atoms with Crippen LogP contribution in [0.1, 0.15) is 0 Å². The highest BCUT2D eigenvalue weighted by molar-refractivity contribution is 7.84. The highest BCUT2D eigenvalue weighted by atomic mass is 32.3. The minimum atomic E-state index is -4.82. The molecule has 0 radical (unpaired) electrons. The summed E-state index contributed by atoms with van der Waals surface area (Å²) in [5, 5.41) is 0. The zero-order valence-electron chi connectivity index (χ0n) is 5.54. The van der Waals surface area contributed by atoms with Crippen LogP contribution in [0.25, 0.3) is 0 Å². The van der Waals surface area contributed by atoms with Gasteiger partial charge in [0.2, 0.25) is 0 Å². The van der Waals surface area contributed by atoms with Crippen molar-refractivity contribution in [1.29, 1.82) is 0 Å². The molecule has 13 heavy (non-hydrogen) atoms. The van der Waals surface area contributed by atoms with Gasteiger partial charge < -0.3 is 19.6 Å². The number of phosphoric acid groups is 1. The number of rotatable bonds is 2. The van der Waals surface area contributed by atoms with Crippen LogP contribution in [0.4, 0.5) is 0 Å². The largest absolute Gasteiger partial charge is 0.566 e. The van der Waals surface area contributed by atoms with Gasteiger partial charge in [0.05, 0.1) is 0 Å². The summed E-state index contributed by atoms with van der Waals surface area (Å²) >= 11 is 0. The summed E-state index contributed by atoms with van der Waals surface area (Å²) in [4.78, 5) is 30.9. The SMILES string of the molecule is O=P(O)(O)O.O=[P+]([O-])OS(=O)(=O)O. The number of hydrogen-bond acceptors (Lipinski definition) is 6. The average molecular weight is 258 g/mol. The molecule has 10 nitrogen and oxygen atoms in total. The Balaban J connectivity index is 0. The Hall–Kier alpha value is 0.0400. The lowest BCUT2D eigenvalue weighted by atomic mass is 15.8. The molecule has 0 aliphatic heterocycles. The summed E-state index contributed by atoms with van der Waals surface area (Å²) in [6.45, 7) is 0. The summed E-state index contributed by atoms with van der Waals surface area (Å²) in [5.74, 6) is 0. The molecule has 0 saturated heterocycles. The Morgan fingerprint density at radius 3 is 1.54 bits per heavy atom. The van der Waals surface area contributed by atoms with E-state index in [-0.39, 0.29) is 0 Å². The van der Waals surface area contributed by atoms with Crippen LogP contribution in [0.2, 0.25) is 0 Å². The second-order valence-electron chi connectivity index (χ2n) is 1.24. The van der Waals surface area contributed by atoms with E-state index in [1.165, 1.54) is 0 Å². The predicted molar refractivity (Wildman–Crippen MR) is 34.5 cm³/mol. The van der Waals surface area contributed by atoms with Crippen LogP contribution in [0.5, 0.6) is 0 Å². The van der Waals surface area contributed by atoms with Crippen LogP contribution >= 0.6 is 16.1 Å². The first-order chi connectivity index (χ1) is 5.42. The van der Waals surface area contributed by atoms with Crippen LogP contribution in [-0.2, 0) is 23.5 Å². The summed E-state index contributed by atoms with van der Waals surface area (Å²) in [6, 6.07) is 0. The molecular formula is H4O10P2S. The molecular weight excluding hydrogens is 254 g/mol. The van der Waals surface area contributed by atoms with E-state index in [0.717, 1.165) is 0 Å².